The van der Waals surface area contributed by atoms with Crippen LogP contribution in [0.5, 0.6) is 0 Å². The van der Waals surface area contributed by atoms with Crippen molar-refractivity contribution < 1.29 is 4.79 Å². The predicted molar refractivity (Wildman–Crippen MR) is 87.3 cm³/mol. The van der Waals surface area contributed by atoms with Crippen LogP contribution < -0.4 is 4.90 Å². The molecule has 4 rings (SSSR count). The van der Waals surface area contributed by atoms with E-state index in [0.717, 1.165) is 30.9 Å². The van der Waals surface area contributed by atoms with Gasteiger partial charge in [0.2, 0.25) is 0 Å². The summed E-state index contributed by atoms with van der Waals surface area (Å²) in [6.07, 6.45) is 0.948. The van der Waals surface area contributed by atoms with Crippen molar-refractivity contribution in [2.75, 3.05) is 11.4 Å². The minimum absolute atomic E-state index is 0.116. The second-order valence-electron chi connectivity index (χ2n) is 5.28. The van der Waals surface area contributed by atoms with Crippen LogP contribution in [0.4, 0.5) is 5.69 Å². The fourth-order valence-electron chi connectivity index (χ4n) is 3.18. The van der Waals surface area contributed by atoms with Crippen molar-refractivity contribution in [1.82, 2.24) is 4.57 Å². The van der Waals surface area contributed by atoms with Crippen LogP contribution in [0, 0.1) is 0 Å². The smallest absolute Gasteiger partial charge is 0.274 e. The molecular formula is C17H16N2OS. The molecule has 3 aromatic rings. The number of para-hydroxylation sites is 1. The molecule has 0 saturated carbocycles. The maximum absolute atomic E-state index is 13.0. The van der Waals surface area contributed by atoms with Gasteiger partial charge in [-0.2, -0.15) is 0 Å². The molecule has 0 bridgehead atoms. The summed E-state index contributed by atoms with van der Waals surface area (Å²) in [6.45, 7) is 3.68. The molecule has 4 heteroatoms. The summed E-state index contributed by atoms with van der Waals surface area (Å²) >= 11 is 1.69. The van der Waals surface area contributed by atoms with Crippen LogP contribution in [0.25, 0.3) is 10.2 Å². The lowest BCUT2D eigenvalue weighted by Crippen LogP contribution is -2.30. The van der Waals surface area contributed by atoms with Gasteiger partial charge in [-0.15, -0.1) is 11.3 Å². The third-order valence-corrected chi connectivity index (χ3v) is 5.04. The van der Waals surface area contributed by atoms with Gasteiger partial charge in [0, 0.05) is 18.8 Å². The zero-order chi connectivity index (χ0) is 14.4. The molecule has 0 aliphatic carbocycles. The highest BCUT2D eigenvalue weighted by Crippen LogP contribution is 2.31. The lowest BCUT2D eigenvalue weighted by molar-refractivity contribution is 0.0981. The second kappa shape index (κ2) is 4.74. The Morgan fingerprint density at radius 1 is 1.29 bits per heavy atom. The third-order valence-electron chi connectivity index (χ3n) is 4.19. The monoisotopic (exact) mass is 296 g/mol. The van der Waals surface area contributed by atoms with Gasteiger partial charge in [0.25, 0.3) is 5.91 Å². The Morgan fingerprint density at radius 3 is 3.00 bits per heavy atom. The molecule has 1 amide bonds. The molecule has 0 saturated heterocycles. The van der Waals surface area contributed by atoms with E-state index in [4.69, 9.17) is 0 Å². The minimum atomic E-state index is 0.116. The number of rotatable bonds is 2. The normalized spacial score (nSPS) is 13.9. The number of hydrogen-bond acceptors (Lipinski definition) is 2. The van der Waals surface area contributed by atoms with E-state index in [2.05, 4.69) is 29.0 Å². The second-order valence-corrected chi connectivity index (χ2v) is 6.23. The van der Waals surface area contributed by atoms with E-state index in [0.29, 0.717) is 0 Å². The van der Waals surface area contributed by atoms with Gasteiger partial charge < -0.3 is 9.47 Å². The molecule has 2 aromatic heterocycles. The number of hydrogen-bond donors (Lipinski definition) is 0. The summed E-state index contributed by atoms with van der Waals surface area (Å²) in [7, 11) is 0. The number of benzene rings is 1. The number of carbonyl (C=O) groups excluding carboxylic acids is 1. The van der Waals surface area contributed by atoms with E-state index < -0.39 is 0 Å². The molecule has 0 atom stereocenters. The van der Waals surface area contributed by atoms with Gasteiger partial charge in [-0.05, 0) is 42.5 Å². The van der Waals surface area contributed by atoms with Crippen molar-refractivity contribution in [3.8, 4) is 0 Å². The number of nitrogens with zero attached hydrogens (tertiary/aromatic N) is 2. The lowest BCUT2D eigenvalue weighted by atomic mass is 10.2. The molecule has 0 fully saturated rings. The first-order chi connectivity index (χ1) is 10.3. The van der Waals surface area contributed by atoms with E-state index in [1.807, 2.05) is 29.2 Å². The highest BCUT2D eigenvalue weighted by atomic mass is 32.1. The lowest BCUT2D eigenvalue weighted by Gasteiger charge is -2.18. The van der Waals surface area contributed by atoms with Gasteiger partial charge in [-0.3, -0.25) is 4.79 Å². The number of thiophene rings is 1. The van der Waals surface area contributed by atoms with Gasteiger partial charge >= 0.3 is 0 Å². The van der Waals surface area contributed by atoms with E-state index in [1.54, 1.807) is 11.3 Å². The van der Waals surface area contributed by atoms with Crippen LogP contribution in [-0.4, -0.2) is 17.0 Å². The Bertz CT molecular complexity index is 830. The predicted octanol–water partition coefficient (Wildman–Crippen LogP) is 3.93. The van der Waals surface area contributed by atoms with Gasteiger partial charge in [0.1, 0.15) is 5.69 Å². The molecule has 3 heterocycles. The maximum Gasteiger partial charge on any atom is 0.274 e. The molecule has 21 heavy (non-hydrogen) atoms. The molecule has 0 radical (unpaired) electrons. The average Bonchev–Trinajstić information content (AvgIpc) is 3.19. The van der Waals surface area contributed by atoms with Crippen LogP contribution >= 0.6 is 11.3 Å². The topological polar surface area (TPSA) is 25.2 Å². The number of carbonyl (C=O) groups is 1. The van der Waals surface area contributed by atoms with E-state index >= 15 is 0 Å². The van der Waals surface area contributed by atoms with Crippen molar-refractivity contribution in [3.05, 3.63) is 53.0 Å². The standard InChI is InChI=1S/C17H16N2OS/c1-2-18-14-8-10-21-16(14)11-15(18)17(20)19-9-7-12-5-3-4-6-13(12)19/h3-6,8,10-11H,2,7,9H2,1H3. The molecule has 1 aliphatic heterocycles. The summed E-state index contributed by atoms with van der Waals surface area (Å²) in [4.78, 5) is 14.9. The molecular weight excluding hydrogens is 280 g/mol. The van der Waals surface area contributed by atoms with E-state index in [9.17, 15) is 4.79 Å². The SMILES string of the molecule is CCn1c(C(=O)N2CCc3ccccc32)cc2sccc21. The number of anilines is 1. The van der Waals surface area contributed by atoms with Crippen molar-refractivity contribution in [1.29, 1.82) is 0 Å². The minimum Gasteiger partial charge on any atom is -0.336 e. The molecule has 1 aromatic carbocycles. The molecule has 106 valence electrons. The highest BCUT2D eigenvalue weighted by Gasteiger charge is 2.27. The summed E-state index contributed by atoms with van der Waals surface area (Å²) < 4.78 is 3.31. The number of aromatic nitrogens is 1. The van der Waals surface area contributed by atoms with Gasteiger partial charge in [0.05, 0.1) is 10.2 Å². The number of aryl methyl sites for hydroxylation is 1. The Kier molecular flexibility index (Phi) is 2.86. The molecule has 0 unspecified atom stereocenters. The van der Waals surface area contributed by atoms with Crippen LogP contribution in [0.3, 0.4) is 0 Å². The van der Waals surface area contributed by atoms with Gasteiger partial charge in [-0.1, -0.05) is 18.2 Å². The molecule has 3 nitrogen and oxygen atoms in total. The summed E-state index contributed by atoms with van der Waals surface area (Å²) in [5.74, 6) is 0.116. The van der Waals surface area contributed by atoms with Crippen molar-refractivity contribution in [2.24, 2.45) is 0 Å². The fraction of sp³-hybridized carbons (Fsp3) is 0.235. The van der Waals surface area contributed by atoms with Crippen molar-refractivity contribution in [2.45, 2.75) is 19.9 Å². The average molecular weight is 296 g/mol. The van der Waals surface area contributed by atoms with Gasteiger partial charge in [-0.25, -0.2) is 0 Å². The first-order valence-corrected chi connectivity index (χ1v) is 8.14. The molecule has 0 spiro atoms. The Morgan fingerprint density at radius 2 is 2.14 bits per heavy atom. The third kappa shape index (κ3) is 1.83. The van der Waals surface area contributed by atoms with Crippen molar-refractivity contribution >= 4 is 33.1 Å². The molecule has 1 aliphatic rings. The van der Waals surface area contributed by atoms with Crippen LogP contribution in [-0.2, 0) is 13.0 Å². The van der Waals surface area contributed by atoms with Crippen LogP contribution in [0.1, 0.15) is 23.0 Å². The highest BCUT2D eigenvalue weighted by molar-refractivity contribution is 7.17. The summed E-state index contributed by atoms with van der Waals surface area (Å²) in [5, 5.41) is 2.08. The summed E-state index contributed by atoms with van der Waals surface area (Å²) in [5.41, 5.74) is 4.30. The molecule has 0 N–H and O–H groups in total. The zero-order valence-electron chi connectivity index (χ0n) is 11.9. The van der Waals surface area contributed by atoms with Crippen LogP contribution in [0.2, 0.25) is 0 Å². The van der Waals surface area contributed by atoms with E-state index in [1.165, 1.54) is 15.8 Å². The van der Waals surface area contributed by atoms with Gasteiger partial charge in [0.15, 0.2) is 0 Å². The maximum atomic E-state index is 13.0. The zero-order valence-corrected chi connectivity index (χ0v) is 12.7. The Balaban J connectivity index is 1.79. The largest absolute Gasteiger partial charge is 0.336 e. The Labute approximate surface area is 127 Å². The number of fused-ring (bicyclic) bond motifs is 2. The Hall–Kier alpha value is -2.07. The number of amides is 1. The fourth-order valence-corrected chi connectivity index (χ4v) is 4.00. The quantitative estimate of drug-likeness (QED) is 0.703. The van der Waals surface area contributed by atoms with Crippen LogP contribution in [0.15, 0.2) is 41.8 Å². The first kappa shape index (κ1) is 12.7. The van der Waals surface area contributed by atoms with Crippen molar-refractivity contribution in [3.63, 3.8) is 0 Å². The first-order valence-electron chi connectivity index (χ1n) is 7.26. The van der Waals surface area contributed by atoms with E-state index in [-0.39, 0.29) is 5.91 Å². The summed E-state index contributed by atoms with van der Waals surface area (Å²) in [6, 6.07) is 12.3.